The highest BCUT2D eigenvalue weighted by molar-refractivity contribution is 7.15. The van der Waals surface area contributed by atoms with Gasteiger partial charge in [0.15, 0.2) is 0 Å². The third-order valence-corrected chi connectivity index (χ3v) is 3.22. The van der Waals surface area contributed by atoms with Gasteiger partial charge in [-0.2, -0.15) is 0 Å². The van der Waals surface area contributed by atoms with E-state index in [0.29, 0.717) is 6.42 Å². The fraction of sp³-hybridized carbons (Fsp3) is 0.167. The van der Waals surface area contributed by atoms with Crippen molar-refractivity contribution in [1.82, 2.24) is 4.98 Å². The molecule has 0 bridgehead atoms. The second-order valence-electron chi connectivity index (χ2n) is 3.23. The summed E-state index contributed by atoms with van der Waals surface area (Å²) >= 11 is 1.53. The van der Waals surface area contributed by atoms with Crippen LogP contribution >= 0.6 is 11.3 Å². The molecule has 0 aliphatic heterocycles. The summed E-state index contributed by atoms with van der Waals surface area (Å²) in [5, 5.41) is 0.913. The number of carbonyl (C=O) groups excluding carboxylic acids is 1. The van der Waals surface area contributed by atoms with Crippen LogP contribution in [0.2, 0.25) is 0 Å². The van der Waals surface area contributed by atoms with Crippen molar-refractivity contribution in [1.29, 1.82) is 0 Å². The zero-order valence-electron chi connectivity index (χ0n) is 8.84. The van der Waals surface area contributed by atoms with Crippen LogP contribution in [0.25, 0.3) is 10.6 Å². The van der Waals surface area contributed by atoms with E-state index in [2.05, 4.69) is 4.98 Å². The fourth-order valence-electron chi connectivity index (χ4n) is 1.37. The summed E-state index contributed by atoms with van der Waals surface area (Å²) in [5.74, 6) is 0.810. The van der Waals surface area contributed by atoms with Crippen molar-refractivity contribution in [3.63, 3.8) is 0 Å². The van der Waals surface area contributed by atoms with Crippen molar-refractivity contribution in [3.05, 3.63) is 35.3 Å². The number of methoxy groups -OCH3 is 1. The number of benzene rings is 1. The molecule has 3 nitrogen and oxygen atoms in total. The smallest absolute Gasteiger partial charge is 0.125 e. The molecule has 0 unspecified atom stereocenters. The number of aromatic nitrogens is 1. The van der Waals surface area contributed by atoms with Crippen LogP contribution in [0.4, 0.5) is 0 Å². The average molecular weight is 233 g/mol. The van der Waals surface area contributed by atoms with Gasteiger partial charge < -0.3 is 9.53 Å². The Morgan fingerprint density at radius 2 is 2.38 bits per heavy atom. The summed E-state index contributed by atoms with van der Waals surface area (Å²) in [4.78, 5) is 15.6. The van der Waals surface area contributed by atoms with Crippen LogP contribution in [-0.2, 0) is 11.2 Å². The van der Waals surface area contributed by atoms with E-state index in [1.807, 2.05) is 24.3 Å². The van der Waals surface area contributed by atoms with Gasteiger partial charge in [0, 0.05) is 23.1 Å². The fourth-order valence-corrected chi connectivity index (χ4v) is 2.23. The van der Waals surface area contributed by atoms with Gasteiger partial charge in [-0.1, -0.05) is 12.1 Å². The predicted molar refractivity (Wildman–Crippen MR) is 63.9 cm³/mol. The first-order chi connectivity index (χ1) is 7.83. The maximum Gasteiger partial charge on any atom is 0.125 e. The van der Waals surface area contributed by atoms with Gasteiger partial charge in [0.05, 0.1) is 7.11 Å². The Morgan fingerprint density at radius 1 is 1.50 bits per heavy atom. The molecule has 0 saturated heterocycles. The van der Waals surface area contributed by atoms with Crippen LogP contribution in [0.5, 0.6) is 5.75 Å². The van der Waals surface area contributed by atoms with Gasteiger partial charge in [-0.3, -0.25) is 0 Å². The van der Waals surface area contributed by atoms with Crippen molar-refractivity contribution >= 4 is 17.6 Å². The minimum Gasteiger partial charge on any atom is -0.497 e. The second kappa shape index (κ2) is 4.90. The van der Waals surface area contributed by atoms with Gasteiger partial charge in [-0.25, -0.2) is 4.98 Å². The summed E-state index contributed by atoms with van der Waals surface area (Å²) in [5.41, 5.74) is 1.02. The standard InChI is InChI=1S/C12H11NO2S/c1-15-10-4-2-3-9(7-10)12-13-8-11(16-12)5-6-14/h2-4,6-8H,5H2,1H3. The molecule has 1 aromatic heterocycles. The number of thiazole rings is 1. The number of hydrogen-bond donors (Lipinski definition) is 0. The molecule has 4 heteroatoms. The van der Waals surface area contributed by atoms with Crippen molar-refractivity contribution < 1.29 is 9.53 Å². The van der Waals surface area contributed by atoms with E-state index in [4.69, 9.17) is 4.74 Å². The molecule has 1 aromatic carbocycles. The molecule has 0 N–H and O–H groups in total. The maximum atomic E-state index is 10.4. The van der Waals surface area contributed by atoms with E-state index in [-0.39, 0.29) is 0 Å². The highest BCUT2D eigenvalue weighted by Crippen LogP contribution is 2.27. The lowest BCUT2D eigenvalue weighted by Gasteiger charge is -2.00. The molecule has 0 amide bonds. The molecule has 0 atom stereocenters. The molecule has 2 aromatic rings. The van der Waals surface area contributed by atoms with Crippen molar-refractivity contribution in [3.8, 4) is 16.3 Å². The van der Waals surface area contributed by atoms with Crippen LogP contribution in [0, 0.1) is 0 Å². The third kappa shape index (κ3) is 2.28. The third-order valence-electron chi connectivity index (χ3n) is 2.15. The predicted octanol–water partition coefficient (Wildman–Crippen LogP) is 2.56. The molecule has 0 aliphatic carbocycles. The van der Waals surface area contributed by atoms with E-state index in [1.165, 1.54) is 11.3 Å². The molecular formula is C12H11NO2S. The van der Waals surface area contributed by atoms with Gasteiger partial charge in [-0.05, 0) is 12.1 Å². The minimum absolute atomic E-state index is 0.432. The first-order valence-corrected chi connectivity index (χ1v) is 5.68. The molecule has 1 heterocycles. The van der Waals surface area contributed by atoms with Crippen LogP contribution in [0.1, 0.15) is 4.88 Å². The Kier molecular flexibility index (Phi) is 3.31. The first-order valence-electron chi connectivity index (χ1n) is 4.86. The Morgan fingerprint density at radius 3 is 3.12 bits per heavy atom. The summed E-state index contributed by atoms with van der Waals surface area (Å²) < 4.78 is 5.15. The summed E-state index contributed by atoms with van der Waals surface area (Å²) in [6.07, 6.45) is 3.07. The molecule has 0 fully saturated rings. The summed E-state index contributed by atoms with van der Waals surface area (Å²) in [6.45, 7) is 0. The molecular weight excluding hydrogens is 222 g/mol. The minimum atomic E-state index is 0.432. The lowest BCUT2D eigenvalue weighted by molar-refractivity contribution is -0.107. The van der Waals surface area contributed by atoms with Gasteiger partial charge in [0.2, 0.25) is 0 Å². The van der Waals surface area contributed by atoms with Crippen LogP contribution in [-0.4, -0.2) is 18.4 Å². The lowest BCUT2D eigenvalue weighted by Crippen LogP contribution is -1.82. The van der Waals surface area contributed by atoms with Crippen molar-refractivity contribution in [2.75, 3.05) is 7.11 Å². The Labute approximate surface area is 97.7 Å². The lowest BCUT2D eigenvalue weighted by atomic mass is 10.2. The van der Waals surface area contributed by atoms with Gasteiger partial charge >= 0.3 is 0 Å². The number of hydrogen-bond acceptors (Lipinski definition) is 4. The SMILES string of the molecule is COc1cccc(-c2ncc(CC=O)s2)c1. The monoisotopic (exact) mass is 233 g/mol. The quantitative estimate of drug-likeness (QED) is 0.762. The van der Waals surface area contributed by atoms with Crippen molar-refractivity contribution in [2.24, 2.45) is 0 Å². The largest absolute Gasteiger partial charge is 0.497 e. The Balaban J connectivity index is 2.30. The maximum absolute atomic E-state index is 10.4. The summed E-state index contributed by atoms with van der Waals surface area (Å²) in [7, 11) is 1.64. The first kappa shape index (κ1) is 10.8. The highest BCUT2D eigenvalue weighted by atomic mass is 32.1. The zero-order chi connectivity index (χ0) is 11.4. The van der Waals surface area contributed by atoms with Crippen LogP contribution in [0.15, 0.2) is 30.5 Å². The zero-order valence-corrected chi connectivity index (χ0v) is 9.66. The number of ether oxygens (including phenoxy) is 1. The number of aldehydes is 1. The number of carbonyl (C=O) groups is 1. The van der Waals surface area contributed by atoms with Crippen molar-refractivity contribution in [2.45, 2.75) is 6.42 Å². The Hall–Kier alpha value is -1.68. The average Bonchev–Trinajstić information content (AvgIpc) is 2.78. The topological polar surface area (TPSA) is 39.2 Å². The van der Waals surface area contributed by atoms with Crippen LogP contribution in [0.3, 0.4) is 0 Å². The van der Waals surface area contributed by atoms with E-state index in [1.54, 1.807) is 13.3 Å². The van der Waals surface area contributed by atoms with E-state index in [9.17, 15) is 4.79 Å². The molecule has 2 rings (SSSR count). The molecule has 0 aliphatic rings. The van der Waals surface area contributed by atoms with E-state index < -0.39 is 0 Å². The highest BCUT2D eigenvalue weighted by Gasteiger charge is 2.05. The molecule has 0 radical (unpaired) electrons. The van der Waals surface area contributed by atoms with E-state index >= 15 is 0 Å². The van der Waals surface area contributed by atoms with Crippen LogP contribution < -0.4 is 4.74 Å². The number of nitrogens with zero attached hydrogens (tertiary/aromatic N) is 1. The normalized spacial score (nSPS) is 10.1. The molecule has 0 saturated carbocycles. The summed E-state index contributed by atoms with van der Waals surface area (Å²) in [6, 6.07) is 7.73. The second-order valence-corrected chi connectivity index (χ2v) is 4.35. The van der Waals surface area contributed by atoms with Gasteiger partial charge in [0.25, 0.3) is 0 Å². The van der Waals surface area contributed by atoms with Gasteiger partial charge in [0.1, 0.15) is 17.0 Å². The Bertz CT molecular complexity index is 493. The molecule has 16 heavy (non-hydrogen) atoms. The van der Waals surface area contributed by atoms with Gasteiger partial charge in [-0.15, -0.1) is 11.3 Å². The number of rotatable bonds is 4. The molecule has 82 valence electrons. The molecule has 0 spiro atoms. The van der Waals surface area contributed by atoms with E-state index in [0.717, 1.165) is 27.5 Å².